The lowest BCUT2D eigenvalue weighted by Crippen LogP contribution is -2.29. The zero-order valence-corrected chi connectivity index (χ0v) is 10.8. The van der Waals surface area contributed by atoms with Gasteiger partial charge in [0.2, 0.25) is 0 Å². The van der Waals surface area contributed by atoms with Gasteiger partial charge in [-0.2, -0.15) is 0 Å². The molecule has 0 radical (unpaired) electrons. The molecule has 3 rings (SSSR count). The van der Waals surface area contributed by atoms with Crippen molar-refractivity contribution in [3.63, 3.8) is 0 Å². The topological polar surface area (TPSA) is 31.9 Å². The Kier molecular flexibility index (Phi) is 3.15. The van der Waals surface area contributed by atoms with Gasteiger partial charge in [-0.15, -0.1) is 0 Å². The summed E-state index contributed by atoms with van der Waals surface area (Å²) >= 11 is 0. The highest BCUT2D eigenvalue weighted by molar-refractivity contribution is 5.90. The fraction of sp³-hybridized carbons (Fsp3) is 0.400. The predicted molar refractivity (Wildman–Crippen MR) is 75.4 cm³/mol. The van der Waals surface area contributed by atoms with Crippen LogP contribution in [0, 0.1) is 0 Å². The van der Waals surface area contributed by atoms with Crippen molar-refractivity contribution in [1.29, 1.82) is 0 Å². The molecule has 1 N–H and O–H groups in total. The molecular formula is C15H19N3. The number of pyridine rings is 1. The number of nitrogens with one attached hydrogen (secondary N) is 1. The summed E-state index contributed by atoms with van der Waals surface area (Å²) in [5, 5.41) is 1.24. The summed E-state index contributed by atoms with van der Waals surface area (Å²) in [4.78, 5) is 10.1. The zero-order valence-electron chi connectivity index (χ0n) is 10.8. The molecule has 0 saturated heterocycles. The molecule has 0 fully saturated rings. The fourth-order valence-corrected chi connectivity index (χ4v) is 2.70. The largest absolute Gasteiger partial charge is 0.346 e. The van der Waals surface area contributed by atoms with Crippen LogP contribution in [0.1, 0.15) is 25.3 Å². The van der Waals surface area contributed by atoms with E-state index < -0.39 is 0 Å². The molecule has 3 heterocycles. The zero-order chi connectivity index (χ0) is 12.4. The monoisotopic (exact) mass is 241 g/mol. The van der Waals surface area contributed by atoms with Gasteiger partial charge in [0.05, 0.1) is 0 Å². The van der Waals surface area contributed by atoms with Gasteiger partial charge >= 0.3 is 0 Å². The highest BCUT2D eigenvalue weighted by Crippen LogP contribution is 2.28. The molecule has 1 aliphatic rings. The summed E-state index contributed by atoms with van der Waals surface area (Å²) in [5.41, 5.74) is 3.78. The van der Waals surface area contributed by atoms with Crippen molar-refractivity contribution in [3.8, 4) is 0 Å². The molecule has 0 bridgehead atoms. The second-order valence-electron chi connectivity index (χ2n) is 4.88. The number of aromatic nitrogens is 2. The van der Waals surface area contributed by atoms with Gasteiger partial charge in [-0.05, 0) is 37.1 Å². The first kappa shape index (κ1) is 11.5. The van der Waals surface area contributed by atoms with Crippen LogP contribution in [-0.2, 0) is 0 Å². The Morgan fingerprint density at radius 1 is 1.44 bits per heavy atom. The first-order valence-electron chi connectivity index (χ1n) is 6.72. The van der Waals surface area contributed by atoms with E-state index in [4.69, 9.17) is 0 Å². The quantitative estimate of drug-likeness (QED) is 0.895. The normalized spacial score (nSPS) is 17.1. The Morgan fingerprint density at radius 2 is 2.39 bits per heavy atom. The van der Waals surface area contributed by atoms with E-state index in [1.807, 2.05) is 12.3 Å². The van der Waals surface area contributed by atoms with E-state index in [1.165, 1.54) is 36.0 Å². The Morgan fingerprint density at radius 3 is 3.17 bits per heavy atom. The van der Waals surface area contributed by atoms with Gasteiger partial charge in [-0.3, -0.25) is 4.90 Å². The fourth-order valence-electron chi connectivity index (χ4n) is 2.70. The maximum Gasteiger partial charge on any atom is 0.137 e. The van der Waals surface area contributed by atoms with E-state index in [0.29, 0.717) is 0 Å². The van der Waals surface area contributed by atoms with Crippen molar-refractivity contribution in [2.24, 2.45) is 0 Å². The van der Waals surface area contributed by atoms with Crippen LogP contribution in [0.5, 0.6) is 0 Å². The molecule has 3 nitrogen and oxygen atoms in total. The SMILES string of the molecule is CCCN1CC=C(c2c[nH]c3ncccc23)CC1. The Balaban J connectivity index is 1.87. The Labute approximate surface area is 108 Å². The average molecular weight is 241 g/mol. The standard InChI is InChI=1S/C15H19N3/c1-2-8-18-9-5-12(6-10-18)14-11-17-15-13(14)4-3-7-16-15/h3-5,7,11H,2,6,8-10H2,1H3,(H,16,17). The minimum Gasteiger partial charge on any atom is -0.346 e. The minimum absolute atomic E-state index is 0.990. The van der Waals surface area contributed by atoms with Crippen LogP contribution in [0.3, 0.4) is 0 Å². The van der Waals surface area contributed by atoms with Gasteiger partial charge in [-0.25, -0.2) is 4.98 Å². The molecule has 0 atom stereocenters. The third-order valence-electron chi connectivity index (χ3n) is 3.63. The van der Waals surface area contributed by atoms with Gasteiger partial charge in [-0.1, -0.05) is 13.0 Å². The number of hydrogen-bond acceptors (Lipinski definition) is 2. The smallest absolute Gasteiger partial charge is 0.137 e. The first-order chi connectivity index (χ1) is 8.88. The van der Waals surface area contributed by atoms with Crippen molar-refractivity contribution >= 4 is 16.6 Å². The molecule has 18 heavy (non-hydrogen) atoms. The summed E-state index contributed by atoms with van der Waals surface area (Å²) in [7, 11) is 0. The maximum absolute atomic E-state index is 4.35. The molecule has 3 heteroatoms. The Hall–Kier alpha value is -1.61. The van der Waals surface area contributed by atoms with Crippen LogP contribution in [0.15, 0.2) is 30.6 Å². The first-order valence-corrected chi connectivity index (χ1v) is 6.72. The Bertz CT molecular complexity index is 568. The van der Waals surface area contributed by atoms with E-state index in [9.17, 15) is 0 Å². The number of nitrogens with zero attached hydrogens (tertiary/aromatic N) is 2. The molecule has 0 spiro atoms. The third kappa shape index (κ3) is 2.06. The van der Waals surface area contributed by atoms with Gasteiger partial charge in [0.1, 0.15) is 5.65 Å². The highest BCUT2D eigenvalue weighted by atomic mass is 15.1. The molecule has 2 aromatic heterocycles. The van der Waals surface area contributed by atoms with Crippen LogP contribution >= 0.6 is 0 Å². The average Bonchev–Trinajstić information content (AvgIpc) is 2.84. The number of H-pyrrole nitrogens is 1. The summed E-state index contributed by atoms with van der Waals surface area (Å²) in [6.45, 7) is 5.70. The van der Waals surface area contributed by atoms with Gasteiger partial charge in [0.25, 0.3) is 0 Å². The van der Waals surface area contributed by atoms with Crippen LogP contribution in [0.25, 0.3) is 16.6 Å². The number of hydrogen-bond donors (Lipinski definition) is 1. The summed E-state index contributed by atoms with van der Waals surface area (Å²) in [5.74, 6) is 0. The molecule has 0 unspecified atom stereocenters. The molecule has 94 valence electrons. The highest BCUT2D eigenvalue weighted by Gasteiger charge is 2.14. The lowest BCUT2D eigenvalue weighted by Gasteiger charge is -2.25. The van der Waals surface area contributed by atoms with Crippen LogP contribution in [0.4, 0.5) is 0 Å². The lowest BCUT2D eigenvalue weighted by atomic mass is 9.99. The molecule has 0 aliphatic carbocycles. The molecule has 2 aromatic rings. The van der Waals surface area contributed by atoms with E-state index in [-0.39, 0.29) is 0 Å². The minimum atomic E-state index is 0.990. The van der Waals surface area contributed by atoms with Crippen molar-refractivity contribution in [2.45, 2.75) is 19.8 Å². The number of rotatable bonds is 3. The molecule has 0 saturated carbocycles. The van der Waals surface area contributed by atoms with Crippen molar-refractivity contribution in [2.75, 3.05) is 19.6 Å². The second-order valence-corrected chi connectivity index (χ2v) is 4.88. The summed E-state index contributed by atoms with van der Waals surface area (Å²) in [6, 6.07) is 4.15. The van der Waals surface area contributed by atoms with E-state index in [2.05, 4.69) is 40.1 Å². The second kappa shape index (κ2) is 4.94. The van der Waals surface area contributed by atoms with Crippen LogP contribution in [-0.4, -0.2) is 34.5 Å². The number of fused-ring (bicyclic) bond motifs is 1. The van der Waals surface area contributed by atoms with Crippen molar-refractivity contribution < 1.29 is 0 Å². The van der Waals surface area contributed by atoms with Gasteiger partial charge < -0.3 is 4.98 Å². The number of aromatic amines is 1. The molecular weight excluding hydrogens is 222 g/mol. The van der Waals surface area contributed by atoms with Gasteiger partial charge in [0.15, 0.2) is 0 Å². The van der Waals surface area contributed by atoms with Gasteiger partial charge in [0, 0.05) is 36.4 Å². The van der Waals surface area contributed by atoms with Crippen LogP contribution in [0.2, 0.25) is 0 Å². The molecule has 1 aliphatic heterocycles. The van der Waals surface area contributed by atoms with E-state index in [0.717, 1.165) is 18.6 Å². The third-order valence-corrected chi connectivity index (χ3v) is 3.63. The predicted octanol–water partition coefficient (Wildman–Crippen LogP) is 3.06. The molecule has 0 amide bonds. The van der Waals surface area contributed by atoms with E-state index >= 15 is 0 Å². The molecule has 0 aromatic carbocycles. The van der Waals surface area contributed by atoms with Crippen molar-refractivity contribution in [1.82, 2.24) is 14.9 Å². The van der Waals surface area contributed by atoms with Crippen LogP contribution < -0.4 is 0 Å². The summed E-state index contributed by atoms with van der Waals surface area (Å²) in [6.07, 6.45) is 8.68. The summed E-state index contributed by atoms with van der Waals surface area (Å²) < 4.78 is 0. The van der Waals surface area contributed by atoms with E-state index in [1.54, 1.807) is 0 Å². The maximum atomic E-state index is 4.35. The van der Waals surface area contributed by atoms with Crippen molar-refractivity contribution in [3.05, 3.63) is 36.2 Å². The lowest BCUT2D eigenvalue weighted by molar-refractivity contribution is 0.302.